The summed E-state index contributed by atoms with van der Waals surface area (Å²) in [5, 5.41) is 3.10. The van der Waals surface area contributed by atoms with Gasteiger partial charge in [-0.2, -0.15) is 0 Å². The molecule has 0 spiro atoms. The van der Waals surface area contributed by atoms with Crippen molar-refractivity contribution in [1.82, 2.24) is 14.8 Å². The summed E-state index contributed by atoms with van der Waals surface area (Å²) in [5.74, 6) is 0.000981. The van der Waals surface area contributed by atoms with Crippen LogP contribution in [-0.4, -0.2) is 36.0 Å². The van der Waals surface area contributed by atoms with E-state index in [1.807, 2.05) is 47.3 Å². The van der Waals surface area contributed by atoms with Crippen LogP contribution in [0.25, 0.3) is 0 Å². The van der Waals surface area contributed by atoms with Gasteiger partial charge in [0.05, 0.1) is 6.04 Å². The number of carbonyl (C=O) groups is 1. The largest absolute Gasteiger partial charge is 0.353 e. The second-order valence-corrected chi connectivity index (χ2v) is 6.51. The van der Waals surface area contributed by atoms with E-state index < -0.39 is 0 Å². The summed E-state index contributed by atoms with van der Waals surface area (Å²) in [6, 6.07) is 8.39. The van der Waals surface area contributed by atoms with Crippen molar-refractivity contribution in [2.24, 2.45) is 7.05 Å². The van der Waals surface area contributed by atoms with Gasteiger partial charge in [0.15, 0.2) is 0 Å². The summed E-state index contributed by atoms with van der Waals surface area (Å²) in [7, 11) is 6.10. The van der Waals surface area contributed by atoms with E-state index in [1.54, 1.807) is 0 Å². The van der Waals surface area contributed by atoms with Gasteiger partial charge in [0, 0.05) is 31.0 Å². The van der Waals surface area contributed by atoms with Gasteiger partial charge in [-0.15, -0.1) is 0 Å². The molecule has 1 atom stereocenters. The van der Waals surface area contributed by atoms with Crippen molar-refractivity contribution >= 4 is 5.91 Å². The first kappa shape index (κ1) is 17.3. The van der Waals surface area contributed by atoms with Gasteiger partial charge in [0.2, 0.25) is 0 Å². The monoisotopic (exact) mass is 313 g/mol. The fourth-order valence-corrected chi connectivity index (χ4v) is 3.19. The minimum atomic E-state index is 0.000981. The number of hydrogen-bond donors (Lipinski definition) is 1. The number of nitrogens with zero attached hydrogens (tertiary/aromatic N) is 2. The lowest BCUT2D eigenvalue weighted by Crippen LogP contribution is -2.36. The molecule has 4 heteroatoms. The second-order valence-electron chi connectivity index (χ2n) is 6.51. The Labute approximate surface area is 139 Å². The van der Waals surface area contributed by atoms with Crippen LogP contribution in [0.4, 0.5) is 0 Å². The van der Waals surface area contributed by atoms with Crippen LogP contribution < -0.4 is 5.32 Å². The Kier molecular flexibility index (Phi) is 5.26. The molecule has 1 aromatic carbocycles. The van der Waals surface area contributed by atoms with Crippen molar-refractivity contribution in [2.75, 3.05) is 20.6 Å². The maximum atomic E-state index is 12.6. The van der Waals surface area contributed by atoms with E-state index in [1.165, 1.54) is 11.3 Å². The highest BCUT2D eigenvalue weighted by Gasteiger charge is 2.19. The van der Waals surface area contributed by atoms with Crippen molar-refractivity contribution in [3.63, 3.8) is 0 Å². The number of nitrogens with one attached hydrogen (secondary N) is 1. The molecule has 0 aliphatic heterocycles. The Hall–Kier alpha value is -2.07. The number of hydrogen-bond acceptors (Lipinski definition) is 2. The normalized spacial score (nSPS) is 12.5. The Morgan fingerprint density at radius 2 is 1.83 bits per heavy atom. The fourth-order valence-electron chi connectivity index (χ4n) is 3.19. The van der Waals surface area contributed by atoms with Crippen molar-refractivity contribution in [1.29, 1.82) is 0 Å². The molecule has 0 aliphatic carbocycles. The molecule has 0 radical (unpaired) electrons. The number of aromatic nitrogens is 1. The predicted molar refractivity (Wildman–Crippen MR) is 94.8 cm³/mol. The van der Waals surface area contributed by atoms with Gasteiger partial charge in [-0.05, 0) is 58.1 Å². The highest BCUT2D eigenvalue weighted by molar-refractivity contribution is 5.97. The van der Waals surface area contributed by atoms with Gasteiger partial charge >= 0.3 is 0 Å². The van der Waals surface area contributed by atoms with Crippen LogP contribution in [0.15, 0.2) is 30.5 Å². The number of amides is 1. The Balaban J connectivity index is 2.16. The zero-order valence-electron chi connectivity index (χ0n) is 15.0. The van der Waals surface area contributed by atoms with Crippen molar-refractivity contribution in [3.05, 3.63) is 58.4 Å². The number of aryl methyl sites for hydroxylation is 4. The maximum absolute atomic E-state index is 12.6. The first-order valence-electron chi connectivity index (χ1n) is 7.95. The number of carbonyl (C=O) groups excluding carboxylic acids is 1. The zero-order chi connectivity index (χ0) is 17.1. The molecule has 1 unspecified atom stereocenters. The zero-order valence-corrected chi connectivity index (χ0v) is 15.0. The van der Waals surface area contributed by atoms with Crippen LogP contribution in [0.5, 0.6) is 0 Å². The lowest BCUT2D eigenvalue weighted by Gasteiger charge is -2.25. The van der Waals surface area contributed by atoms with Crippen LogP contribution in [0, 0.1) is 20.8 Å². The topological polar surface area (TPSA) is 37.3 Å². The van der Waals surface area contributed by atoms with Crippen LogP contribution in [-0.2, 0) is 7.05 Å². The SMILES string of the molecule is Cc1cc(C)c(C(=O)NCC(c2cccn2C)N(C)C)c(C)c1. The third kappa shape index (κ3) is 3.82. The summed E-state index contributed by atoms with van der Waals surface area (Å²) < 4.78 is 2.10. The molecule has 1 N–H and O–H groups in total. The van der Waals surface area contributed by atoms with E-state index in [0.29, 0.717) is 6.54 Å². The van der Waals surface area contributed by atoms with E-state index in [4.69, 9.17) is 0 Å². The van der Waals surface area contributed by atoms with E-state index in [-0.39, 0.29) is 11.9 Å². The molecule has 0 aliphatic rings. The molecule has 2 aromatic rings. The summed E-state index contributed by atoms with van der Waals surface area (Å²) in [6.45, 7) is 6.63. The highest BCUT2D eigenvalue weighted by Crippen LogP contribution is 2.19. The molecular weight excluding hydrogens is 286 g/mol. The standard InChI is InChI=1S/C19H27N3O/c1-13-10-14(2)18(15(3)11-13)19(23)20-12-17(21(4)5)16-8-7-9-22(16)6/h7-11,17H,12H2,1-6H3,(H,20,23). The number of benzene rings is 1. The molecule has 0 fully saturated rings. The first-order chi connectivity index (χ1) is 10.8. The van der Waals surface area contributed by atoms with Gasteiger partial charge in [0.25, 0.3) is 5.91 Å². The van der Waals surface area contributed by atoms with Gasteiger partial charge in [0.1, 0.15) is 0 Å². The van der Waals surface area contributed by atoms with Crippen LogP contribution in [0.2, 0.25) is 0 Å². The number of rotatable bonds is 5. The third-order valence-corrected chi connectivity index (χ3v) is 4.31. The molecule has 1 aromatic heterocycles. The Morgan fingerprint density at radius 1 is 1.22 bits per heavy atom. The van der Waals surface area contributed by atoms with E-state index >= 15 is 0 Å². The fraction of sp³-hybridized carbons (Fsp3) is 0.421. The van der Waals surface area contributed by atoms with E-state index in [2.05, 4.69) is 39.9 Å². The van der Waals surface area contributed by atoms with Gasteiger partial charge in [-0.1, -0.05) is 17.7 Å². The molecule has 0 saturated heterocycles. The number of likely N-dealkylation sites (N-methyl/N-ethyl adjacent to an activating group) is 1. The van der Waals surface area contributed by atoms with E-state index in [0.717, 1.165) is 16.7 Å². The summed E-state index contributed by atoms with van der Waals surface area (Å²) in [6.07, 6.45) is 2.03. The molecule has 1 heterocycles. The molecular formula is C19H27N3O. The van der Waals surface area contributed by atoms with Crippen molar-refractivity contribution in [2.45, 2.75) is 26.8 Å². The lowest BCUT2D eigenvalue weighted by atomic mass is 9.99. The van der Waals surface area contributed by atoms with Gasteiger partial charge < -0.3 is 9.88 Å². The summed E-state index contributed by atoms with van der Waals surface area (Å²) in [4.78, 5) is 14.8. The average molecular weight is 313 g/mol. The predicted octanol–water partition coefficient (Wildman–Crippen LogP) is 2.98. The Morgan fingerprint density at radius 3 is 2.30 bits per heavy atom. The summed E-state index contributed by atoms with van der Waals surface area (Å²) in [5.41, 5.74) is 5.22. The molecule has 0 bridgehead atoms. The van der Waals surface area contributed by atoms with Crippen molar-refractivity contribution in [3.8, 4) is 0 Å². The Bertz CT molecular complexity index is 677. The first-order valence-corrected chi connectivity index (χ1v) is 7.95. The molecule has 23 heavy (non-hydrogen) atoms. The molecule has 124 valence electrons. The average Bonchev–Trinajstić information content (AvgIpc) is 2.83. The third-order valence-electron chi connectivity index (χ3n) is 4.31. The molecule has 0 saturated carbocycles. The minimum Gasteiger partial charge on any atom is -0.353 e. The highest BCUT2D eigenvalue weighted by atomic mass is 16.1. The van der Waals surface area contributed by atoms with Gasteiger partial charge in [-0.3, -0.25) is 9.69 Å². The maximum Gasteiger partial charge on any atom is 0.251 e. The van der Waals surface area contributed by atoms with Crippen LogP contribution >= 0.6 is 0 Å². The molecule has 4 nitrogen and oxygen atoms in total. The lowest BCUT2D eigenvalue weighted by molar-refractivity contribution is 0.0940. The minimum absolute atomic E-state index is 0.000981. The molecule has 2 rings (SSSR count). The summed E-state index contributed by atoms with van der Waals surface area (Å²) >= 11 is 0. The van der Waals surface area contributed by atoms with Crippen molar-refractivity contribution < 1.29 is 4.79 Å². The molecule has 1 amide bonds. The quantitative estimate of drug-likeness (QED) is 0.921. The van der Waals surface area contributed by atoms with Gasteiger partial charge in [-0.25, -0.2) is 0 Å². The second kappa shape index (κ2) is 7.01. The van der Waals surface area contributed by atoms with E-state index in [9.17, 15) is 4.79 Å². The van der Waals surface area contributed by atoms with Crippen LogP contribution in [0.1, 0.15) is 38.8 Å². The van der Waals surface area contributed by atoms with Crippen LogP contribution in [0.3, 0.4) is 0 Å². The smallest absolute Gasteiger partial charge is 0.251 e.